The summed E-state index contributed by atoms with van der Waals surface area (Å²) in [6.07, 6.45) is 3.27. The van der Waals surface area contributed by atoms with Crippen LogP contribution in [0.1, 0.15) is 11.5 Å². The minimum absolute atomic E-state index is 0.184. The topological polar surface area (TPSA) is 86.6 Å². The Morgan fingerprint density at radius 1 is 1.10 bits per heavy atom. The predicted molar refractivity (Wildman–Crippen MR) is 72.1 cm³/mol. The molecule has 2 aromatic rings. The van der Waals surface area contributed by atoms with Gasteiger partial charge in [-0.3, -0.25) is 0 Å². The van der Waals surface area contributed by atoms with Crippen molar-refractivity contribution in [3.05, 3.63) is 34.1 Å². The minimum Gasteiger partial charge on any atom is -0.493 e. The molecule has 7 heteroatoms. The van der Waals surface area contributed by atoms with Gasteiger partial charge in [0.2, 0.25) is 11.6 Å². The lowest BCUT2D eigenvalue weighted by Crippen LogP contribution is -1.95. The van der Waals surface area contributed by atoms with E-state index >= 15 is 0 Å². The number of aromatic nitrogens is 2. The SMILES string of the molecule is COc1cc(/C=C/c2n[nH]c(=O)o2)cc(OC)c1OC. The van der Waals surface area contributed by atoms with E-state index in [0.29, 0.717) is 17.2 Å². The van der Waals surface area contributed by atoms with Gasteiger partial charge in [0.25, 0.3) is 0 Å². The molecule has 0 aliphatic heterocycles. The van der Waals surface area contributed by atoms with Crippen LogP contribution in [-0.2, 0) is 0 Å². The summed E-state index contributed by atoms with van der Waals surface area (Å²) in [5.41, 5.74) is 0.783. The van der Waals surface area contributed by atoms with E-state index < -0.39 is 5.76 Å². The highest BCUT2D eigenvalue weighted by atomic mass is 16.5. The largest absolute Gasteiger partial charge is 0.493 e. The molecule has 0 saturated heterocycles. The number of aromatic amines is 1. The van der Waals surface area contributed by atoms with Gasteiger partial charge in [0.15, 0.2) is 11.5 Å². The van der Waals surface area contributed by atoms with E-state index in [0.717, 1.165) is 5.56 Å². The number of nitrogens with zero attached hydrogens (tertiary/aromatic N) is 1. The van der Waals surface area contributed by atoms with Crippen LogP contribution in [0, 0.1) is 0 Å². The number of hydrogen-bond acceptors (Lipinski definition) is 6. The van der Waals surface area contributed by atoms with Crippen molar-refractivity contribution in [3.8, 4) is 17.2 Å². The number of nitrogens with one attached hydrogen (secondary N) is 1. The Morgan fingerprint density at radius 2 is 1.75 bits per heavy atom. The smallest absolute Gasteiger partial charge is 0.434 e. The molecule has 0 amide bonds. The maximum absolute atomic E-state index is 10.8. The first-order chi connectivity index (χ1) is 9.67. The number of benzene rings is 1. The van der Waals surface area contributed by atoms with E-state index in [1.807, 2.05) is 0 Å². The number of methoxy groups -OCH3 is 3. The fraction of sp³-hybridized carbons (Fsp3) is 0.231. The van der Waals surface area contributed by atoms with Gasteiger partial charge in [0.05, 0.1) is 21.3 Å². The van der Waals surface area contributed by atoms with Gasteiger partial charge in [-0.25, -0.2) is 9.89 Å². The lowest BCUT2D eigenvalue weighted by atomic mass is 10.1. The molecule has 0 aliphatic carbocycles. The van der Waals surface area contributed by atoms with Gasteiger partial charge in [-0.15, -0.1) is 5.10 Å². The Balaban J connectivity index is 2.37. The second kappa shape index (κ2) is 5.96. The van der Waals surface area contributed by atoms with Gasteiger partial charge >= 0.3 is 5.76 Å². The fourth-order valence-electron chi connectivity index (χ4n) is 1.68. The molecule has 0 atom stereocenters. The number of rotatable bonds is 5. The second-order valence-electron chi connectivity index (χ2n) is 3.74. The van der Waals surface area contributed by atoms with Crippen molar-refractivity contribution < 1.29 is 18.6 Å². The summed E-state index contributed by atoms with van der Waals surface area (Å²) in [7, 11) is 4.61. The van der Waals surface area contributed by atoms with Crippen LogP contribution in [0.3, 0.4) is 0 Å². The summed E-state index contributed by atoms with van der Waals surface area (Å²) in [5.74, 6) is 1.17. The van der Waals surface area contributed by atoms with Crippen LogP contribution in [0.4, 0.5) is 0 Å². The van der Waals surface area contributed by atoms with Crippen molar-refractivity contribution in [2.75, 3.05) is 21.3 Å². The maximum atomic E-state index is 10.8. The van der Waals surface area contributed by atoms with Crippen LogP contribution >= 0.6 is 0 Å². The van der Waals surface area contributed by atoms with Crippen LogP contribution in [0.2, 0.25) is 0 Å². The van der Waals surface area contributed by atoms with E-state index in [-0.39, 0.29) is 5.89 Å². The molecule has 0 spiro atoms. The van der Waals surface area contributed by atoms with E-state index in [2.05, 4.69) is 10.2 Å². The Hall–Kier alpha value is -2.70. The molecule has 0 bridgehead atoms. The molecule has 1 N–H and O–H groups in total. The molecule has 1 aromatic heterocycles. The molecule has 0 fully saturated rings. The Morgan fingerprint density at radius 3 is 2.20 bits per heavy atom. The van der Waals surface area contributed by atoms with Crippen molar-refractivity contribution in [3.63, 3.8) is 0 Å². The molecule has 1 heterocycles. The molecule has 0 radical (unpaired) electrons. The molecule has 106 valence electrons. The Labute approximate surface area is 114 Å². The van der Waals surface area contributed by atoms with E-state index in [1.54, 1.807) is 24.3 Å². The molecule has 0 saturated carbocycles. The first kappa shape index (κ1) is 13.7. The summed E-state index contributed by atoms with van der Waals surface area (Å²) in [6, 6.07) is 3.53. The summed E-state index contributed by atoms with van der Waals surface area (Å²) in [5, 5.41) is 5.85. The lowest BCUT2D eigenvalue weighted by Gasteiger charge is -2.12. The van der Waals surface area contributed by atoms with Gasteiger partial charge in [-0.1, -0.05) is 0 Å². The minimum atomic E-state index is -0.602. The van der Waals surface area contributed by atoms with Gasteiger partial charge in [-0.2, -0.15) is 0 Å². The molecular weight excluding hydrogens is 264 g/mol. The standard InChI is InChI=1S/C13H14N2O5/c1-17-9-6-8(7-10(18-2)12(9)19-3)4-5-11-14-15-13(16)20-11/h4-7H,1-3H3,(H,15,16)/b5-4+. The molecular formula is C13H14N2O5. The van der Waals surface area contributed by atoms with Gasteiger partial charge in [0.1, 0.15) is 0 Å². The Bertz CT molecular complexity index is 646. The van der Waals surface area contributed by atoms with Crippen LogP contribution < -0.4 is 20.0 Å². The molecule has 2 rings (SSSR count). The third-order valence-corrected chi connectivity index (χ3v) is 2.56. The van der Waals surface area contributed by atoms with Crippen LogP contribution in [0.15, 0.2) is 21.3 Å². The van der Waals surface area contributed by atoms with E-state index in [9.17, 15) is 4.79 Å². The number of H-pyrrole nitrogens is 1. The van der Waals surface area contributed by atoms with Crippen molar-refractivity contribution in [2.24, 2.45) is 0 Å². The normalized spacial score (nSPS) is 10.8. The average Bonchev–Trinajstić information content (AvgIpc) is 2.89. The number of hydrogen-bond donors (Lipinski definition) is 1. The third-order valence-electron chi connectivity index (χ3n) is 2.56. The van der Waals surface area contributed by atoms with Crippen molar-refractivity contribution >= 4 is 12.2 Å². The highest BCUT2D eigenvalue weighted by Gasteiger charge is 2.12. The quantitative estimate of drug-likeness (QED) is 0.893. The van der Waals surface area contributed by atoms with Gasteiger partial charge in [0, 0.05) is 6.08 Å². The lowest BCUT2D eigenvalue weighted by molar-refractivity contribution is 0.324. The highest BCUT2D eigenvalue weighted by molar-refractivity contribution is 5.70. The summed E-state index contributed by atoms with van der Waals surface area (Å²) < 4.78 is 20.5. The van der Waals surface area contributed by atoms with Crippen LogP contribution in [0.5, 0.6) is 17.2 Å². The number of ether oxygens (including phenoxy) is 3. The first-order valence-corrected chi connectivity index (χ1v) is 5.71. The highest BCUT2D eigenvalue weighted by Crippen LogP contribution is 2.38. The van der Waals surface area contributed by atoms with Gasteiger partial charge in [-0.05, 0) is 23.8 Å². The van der Waals surface area contributed by atoms with Gasteiger partial charge < -0.3 is 18.6 Å². The summed E-state index contributed by atoms with van der Waals surface area (Å²) in [4.78, 5) is 10.8. The summed E-state index contributed by atoms with van der Waals surface area (Å²) >= 11 is 0. The van der Waals surface area contributed by atoms with Crippen molar-refractivity contribution in [1.29, 1.82) is 0 Å². The fourth-order valence-corrected chi connectivity index (χ4v) is 1.68. The maximum Gasteiger partial charge on any atom is 0.434 e. The molecule has 7 nitrogen and oxygen atoms in total. The zero-order valence-corrected chi connectivity index (χ0v) is 11.3. The van der Waals surface area contributed by atoms with Crippen molar-refractivity contribution in [1.82, 2.24) is 10.2 Å². The first-order valence-electron chi connectivity index (χ1n) is 5.71. The van der Waals surface area contributed by atoms with Crippen molar-refractivity contribution in [2.45, 2.75) is 0 Å². The molecule has 20 heavy (non-hydrogen) atoms. The Kier molecular flexibility index (Phi) is 4.09. The second-order valence-corrected chi connectivity index (χ2v) is 3.74. The zero-order valence-electron chi connectivity index (χ0n) is 11.3. The molecule has 0 unspecified atom stereocenters. The van der Waals surface area contributed by atoms with Crippen LogP contribution in [0.25, 0.3) is 12.2 Å². The van der Waals surface area contributed by atoms with Crippen LogP contribution in [-0.4, -0.2) is 31.5 Å². The third kappa shape index (κ3) is 2.82. The molecule has 0 aliphatic rings. The van der Waals surface area contributed by atoms with E-state index in [4.69, 9.17) is 18.6 Å². The zero-order chi connectivity index (χ0) is 14.5. The monoisotopic (exact) mass is 278 g/mol. The summed E-state index contributed by atoms with van der Waals surface area (Å²) in [6.45, 7) is 0. The van der Waals surface area contributed by atoms with E-state index in [1.165, 1.54) is 21.3 Å². The average molecular weight is 278 g/mol. The predicted octanol–water partition coefficient (Wildman–Crippen LogP) is 1.56. The molecule has 1 aromatic carbocycles.